The zero-order chi connectivity index (χ0) is 11.6. The Morgan fingerprint density at radius 2 is 2.00 bits per heavy atom. The van der Waals surface area contributed by atoms with Gasteiger partial charge in [0.25, 0.3) is 0 Å². The Morgan fingerprint density at radius 1 is 1.40 bits per heavy atom. The van der Waals surface area contributed by atoms with Gasteiger partial charge in [-0.05, 0) is 5.92 Å². The lowest BCUT2D eigenvalue weighted by molar-refractivity contribution is -0.159. The molecular formula is C10H16N2O3. The summed E-state index contributed by atoms with van der Waals surface area (Å²) in [5.41, 5.74) is 0. The summed E-state index contributed by atoms with van der Waals surface area (Å²) in [5.74, 6) is -0.843. The molecule has 1 heterocycles. The molecule has 1 aliphatic heterocycles. The lowest BCUT2D eigenvalue weighted by atomic mass is 10.00. The van der Waals surface area contributed by atoms with Gasteiger partial charge in [0.15, 0.2) is 0 Å². The SMILES string of the molecule is CC(C)C1CN(CC=O)C(=O)C(=O)N1C. The summed E-state index contributed by atoms with van der Waals surface area (Å²) in [4.78, 5) is 36.2. The maximum Gasteiger partial charge on any atom is 0.312 e. The first-order chi connectivity index (χ1) is 6.99. The van der Waals surface area contributed by atoms with Crippen LogP contribution in [0.5, 0.6) is 0 Å². The average molecular weight is 212 g/mol. The van der Waals surface area contributed by atoms with E-state index >= 15 is 0 Å². The molecule has 84 valence electrons. The summed E-state index contributed by atoms with van der Waals surface area (Å²) < 4.78 is 0. The number of nitrogens with zero attached hydrogens (tertiary/aromatic N) is 2. The highest BCUT2D eigenvalue weighted by atomic mass is 16.2. The summed E-state index contributed by atoms with van der Waals surface area (Å²) in [6.07, 6.45) is 0.647. The van der Waals surface area contributed by atoms with Crippen LogP contribution in [0.1, 0.15) is 13.8 Å². The molecule has 5 heteroatoms. The first-order valence-corrected chi connectivity index (χ1v) is 4.98. The molecule has 2 amide bonds. The number of hydrogen-bond donors (Lipinski definition) is 0. The average Bonchev–Trinajstić information content (AvgIpc) is 2.18. The van der Waals surface area contributed by atoms with Crippen LogP contribution in [0.2, 0.25) is 0 Å². The molecule has 1 atom stereocenters. The minimum absolute atomic E-state index is 0.00162. The number of carbonyl (C=O) groups is 3. The summed E-state index contributed by atoms with van der Waals surface area (Å²) in [7, 11) is 1.63. The highest BCUT2D eigenvalue weighted by molar-refractivity contribution is 6.35. The number of amides is 2. The van der Waals surface area contributed by atoms with E-state index < -0.39 is 11.8 Å². The fourth-order valence-electron chi connectivity index (χ4n) is 1.77. The monoisotopic (exact) mass is 212 g/mol. The van der Waals surface area contributed by atoms with Crippen LogP contribution in [-0.2, 0) is 14.4 Å². The molecule has 0 aromatic carbocycles. The lowest BCUT2D eigenvalue weighted by Crippen LogP contribution is -2.59. The summed E-state index contributed by atoms with van der Waals surface area (Å²) in [6, 6.07) is -0.00449. The van der Waals surface area contributed by atoms with Gasteiger partial charge < -0.3 is 14.6 Å². The van der Waals surface area contributed by atoms with Gasteiger partial charge in [0.05, 0.1) is 12.6 Å². The van der Waals surface area contributed by atoms with Crippen molar-refractivity contribution in [2.75, 3.05) is 20.1 Å². The van der Waals surface area contributed by atoms with Crippen molar-refractivity contribution in [1.82, 2.24) is 9.80 Å². The van der Waals surface area contributed by atoms with Crippen molar-refractivity contribution in [2.45, 2.75) is 19.9 Å². The van der Waals surface area contributed by atoms with Gasteiger partial charge in [-0.3, -0.25) is 9.59 Å². The zero-order valence-corrected chi connectivity index (χ0v) is 9.27. The minimum Gasteiger partial charge on any atom is -0.332 e. The topological polar surface area (TPSA) is 57.7 Å². The molecule has 0 aromatic rings. The first kappa shape index (κ1) is 11.7. The van der Waals surface area contributed by atoms with Crippen LogP contribution in [0.25, 0.3) is 0 Å². The van der Waals surface area contributed by atoms with Gasteiger partial charge in [0.1, 0.15) is 6.29 Å². The second-order valence-electron chi connectivity index (χ2n) is 4.10. The molecule has 15 heavy (non-hydrogen) atoms. The van der Waals surface area contributed by atoms with Gasteiger partial charge in [-0.15, -0.1) is 0 Å². The molecule has 0 saturated carbocycles. The Balaban J connectivity index is 2.84. The van der Waals surface area contributed by atoms with E-state index in [4.69, 9.17) is 0 Å². The Kier molecular flexibility index (Phi) is 3.44. The number of rotatable bonds is 3. The molecule has 0 aliphatic carbocycles. The van der Waals surface area contributed by atoms with Gasteiger partial charge in [0.2, 0.25) is 0 Å². The smallest absolute Gasteiger partial charge is 0.312 e. The van der Waals surface area contributed by atoms with Crippen molar-refractivity contribution in [2.24, 2.45) is 5.92 Å². The van der Waals surface area contributed by atoms with Crippen molar-refractivity contribution in [3.8, 4) is 0 Å². The molecule has 0 N–H and O–H groups in total. The highest BCUT2D eigenvalue weighted by Gasteiger charge is 2.37. The summed E-state index contributed by atoms with van der Waals surface area (Å²) >= 11 is 0. The second-order valence-corrected chi connectivity index (χ2v) is 4.10. The molecule has 0 aromatic heterocycles. The van der Waals surface area contributed by atoms with Crippen LogP contribution in [-0.4, -0.2) is 54.1 Å². The Morgan fingerprint density at radius 3 is 2.47 bits per heavy atom. The van der Waals surface area contributed by atoms with Crippen LogP contribution in [0.3, 0.4) is 0 Å². The van der Waals surface area contributed by atoms with Crippen molar-refractivity contribution in [1.29, 1.82) is 0 Å². The predicted octanol–water partition coefficient (Wildman–Crippen LogP) is -0.489. The highest BCUT2D eigenvalue weighted by Crippen LogP contribution is 2.16. The van der Waals surface area contributed by atoms with Gasteiger partial charge in [-0.1, -0.05) is 13.8 Å². The van der Waals surface area contributed by atoms with E-state index in [2.05, 4.69) is 0 Å². The zero-order valence-electron chi connectivity index (χ0n) is 9.27. The molecule has 0 spiro atoms. The predicted molar refractivity (Wildman–Crippen MR) is 54.0 cm³/mol. The first-order valence-electron chi connectivity index (χ1n) is 4.98. The van der Waals surface area contributed by atoms with Crippen LogP contribution in [0, 0.1) is 5.92 Å². The van der Waals surface area contributed by atoms with Crippen molar-refractivity contribution in [3.63, 3.8) is 0 Å². The third kappa shape index (κ3) is 2.16. The standard InChI is InChI=1S/C10H16N2O3/c1-7(2)8-6-12(4-5-13)10(15)9(14)11(8)3/h5,7-8H,4,6H2,1-3H3. The number of piperazine rings is 1. The minimum atomic E-state index is -0.582. The van der Waals surface area contributed by atoms with Crippen LogP contribution < -0.4 is 0 Å². The van der Waals surface area contributed by atoms with Crippen molar-refractivity contribution < 1.29 is 14.4 Å². The number of hydrogen-bond acceptors (Lipinski definition) is 3. The van der Waals surface area contributed by atoms with Crippen LogP contribution >= 0.6 is 0 Å². The van der Waals surface area contributed by atoms with E-state index in [0.717, 1.165) is 0 Å². The van der Waals surface area contributed by atoms with Gasteiger partial charge >= 0.3 is 11.8 Å². The van der Waals surface area contributed by atoms with E-state index in [1.54, 1.807) is 7.05 Å². The van der Waals surface area contributed by atoms with Gasteiger partial charge in [-0.2, -0.15) is 0 Å². The molecule has 1 aliphatic rings. The molecule has 1 unspecified atom stereocenters. The quantitative estimate of drug-likeness (QED) is 0.468. The normalized spacial score (nSPS) is 22.5. The maximum absolute atomic E-state index is 11.5. The fraction of sp³-hybridized carbons (Fsp3) is 0.700. The van der Waals surface area contributed by atoms with Crippen LogP contribution in [0.15, 0.2) is 0 Å². The molecule has 5 nitrogen and oxygen atoms in total. The number of aldehydes is 1. The van der Waals surface area contributed by atoms with Crippen molar-refractivity contribution in [3.05, 3.63) is 0 Å². The van der Waals surface area contributed by atoms with E-state index in [1.165, 1.54) is 9.80 Å². The van der Waals surface area contributed by atoms with E-state index in [0.29, 0.717) is 12.8 Å². The lowest BCUT2D eigenvalue weighted by Gasteiger charge is -2.39. The molecule has 0 radical (unpaired) electrons. The molecule has 1 rings (SSSR count). The Bertz CT molecular complexity index is 288. The molecule has 1 saturated heterocycles. The third-order valence-corrected chi connectivity index (χ3v) is 2.76. The number of likely N-dealkylation sites (N-methyl/N-ethyl adjacent to an activating group) is 1. The Labute approximate surface area is 89.0 Å². The van der Waals surface area contributed by atoms with Gasteiger partial charge in [0, 0.05) is 13.6 Å². The molecule has 1 fully saturated rings. The fourth-order valence-corrected chi connectivity index (χ4v) is 1.77. The summed E-state index contributed by atoms with van der Waals surface area (Å²) in [5, 5.41) is 0. The summed E-state index contributed by atoms with van der Waals surface area (Å²) in [6.45, 7) is 4.42. The van der Waals surface area contributed by atoms with E-state index in [1.807, 2.05) is 13.8 Å². The van der Waals surface area contributed by atoms with Crippen molar-refractivity contribution >= 4 is 18.1 Å². The second kappa shape index (κ2) is 4.42. The van der Waals surface area contributed by atoms with E-state index in [9.17, 15) is 14.4 Å². The van der Waals surface area contributed by atoms with Crippen LogP contribution in [0.4, 0.5) is 0 Å². The number of carbonyl (C=O) groups excluding carboxylic acids is 3. The largest absolute Gasteiger partial charge is 0.332 e. The maximum atomic E-state index is 11.5. The van der Waals surface area contributed by atoms with E-state index in [-0.39, 0.29) is 18.5 Å². The molecular weight excluding hydrogens is 196 g/mol. The van der Waals surface area contributed by atoms with Gasteiger partial charge in [-0.25, -0.2) is 0 Å². The Hall–Kier alpha value is -1.39. The molecule has 0 bridgehead atoms. The third-order valence-electron chi connectivity index (χ3n) is 2.76.